The van der Waals surface area contributed by atoms with Crippen LogP contribution in [0.2, 0.25) is 0 Å². The Morgan fingerprint density at radius 3 is 2.32 bits per heavy atom. The number of guanidine groups is 1. The number of halogens is 1. The molecule has 2 N–H and O–H groups in total. The molecule has 7 nitrogen and oxygen atoms in total. The van der Waals surface area contributed by atoms with Crippen LogP contribution >= 0.6 is 24.0 Å². The van der Waals surface area contributed by atoms with Gasteiger partial charge in [-0.3, -0.25) is 14.4 Å². The Morgan fingerprint density at radius 2 is 1.80 bits per heavy atom. The van der Waals surface area contributed by atoms with E-state index in [2.05, 4.69) is 56.6 Å². The number of aromatic nitrogens is 4. The Kier molecular flexibility index (Phi) is 9.54. The van der Waals surface area contributed by atoms with E-state index >= 15 is 0 Å². The summed E-state index contributed by atoms with van der Waals surface area (Å²) in [7, 11) is 1.80. The lowest BCUT2D eigenvalue weighted by molar-refractivity contribution is 0.550. The molecule has 0 amide bonds. The van der Waals surface area contributed by atoms with Gasteiger partial charge in [0.05, 0.1) is 11.9 Å². The zero-order chi connectivity index (χ0) is 17.4. The molecule has 0 aliphatic carbocycles. The van der Waals surface area contributed by atoms with Crippen molar-refractivity contribution < 1.29 is 0 Å². The lowest BCUT2D eigenvalue weighted by atomic mass is 10.4. The Labute approximate surface area is 167 Å². The maximum absolute atomic E-state index is 4.47. The van der Waals surface area contributed by atoms with Crippen LogP contribution in [0, 0.1) is 20.8 Å². The Balaban J connectivity index is 0.00000312. The third-order valence-corrected chi connectivity index (χ3v) is 3.78. The highest BCUT2D eigenvalue weighted by atomic mass is 127. The molecule has 0 aromatic carbocycles. The average molecular weight is 459 g/mol. The first-order valence-corrected chi connectivity index (χ1v) is 8.53. The molecule has 0 aliphatic heterocycles. The van der Waals surface area contributed by atoms with E-state index in [-0.39, 0.29) is 24.0 Å². The van der Waals surface area contributed by atoms with Gasteiger partial charge >= 0.3 is 0 Å². The SMILES string of the molecule is CN=C(NCCCn1cc(C)cn1)NCCCn1nc(C)cc1C.I. The van der Waals surface area contributed by atoms with E-state index in [9.17, 15) is 0 Å². The van der Waals surface area contributed by atoms with E-state index < -0.39 is 0 Å². The quantitative estimate of drug-likeness (QED) is 0.275. The van der Waals surface area contributed by atoms with Crippen LogP contribution in [-0.2, 0) is 13.1 Å². The van der Waals surface area contributed by atoms with Crippen LogP contribution in [0.5, 0.6) is 0 Å². The van der Waals surface area contributed by atoms with Gasteiger partial charge in [0, 0.05) is 45.1 Å². The van der Waals surface area contributed by atoms with Crippen molar-refractivity contribution in [1.29, 1.82) is 0 Å². The van der Waals surface area contributed by atoms with Gasteiger partial charge in [0.25, 0.3) is 0 Å². The Bertz CT molecular complexity index is 660. The second-order valence-corrected chi connectivity index (χ2v) is 6.06. The number of hydrogen-bond acceptors (Lipinski definition) is 3. The average Bonchev–Trinajstić information content (AvgIpc) is 3.10. The molecule has 0 radical (unpaired) electrons. The first-order chi connectivity index (χ1) is 11.6. The molecule has 0 unspecified atom stereocenters. The number of hydrogen-bond donors (Lipinski definition) is 2. The van der Waals surface area contributed by atoms with Gasteiger partial charge in [-0.15, -0.1) is 24.0 Å². The van der Waals surface area contributed by atoms with Crippen molar-refractivity contribution >= 4 is 29.9 Å². The summed E-state index contributed by atoms with van der Waals surface area (Å²) in [6, 6.07) is 2.11. The normalized spacial score (nSPS) is 11.3. The molecule has 0 spiro atoms. The molecule has 0 atom stereocenters. The molecule has 25 heavy (non-hydrogen) atoms. The van der Waals surface area contributed by atoms with E-state index in [0.29, 0.717) is 0 Å². The molecule has 8 heteroatoms. The molecule has 0 saturated heterocycles. The topological polar surface area (TPSA) is 72.1 Å². The monoisotopic (exact) mass is 459 g/mol. The fraction of sp³-hybridized carbons (Fsp3) is 0.588. The van der Waals surface area contributed by atoms with Crippen molar-refractivity contribution in [2.45, 2.75) is 46.7 Å². The minimum absolute atomic E-state index is 0. The number of aliphatic imine (C=N–C) groups is 1. The van der Waals surface area contributed by atoms with Gasteiger partial charge in [-0.05, 0) is 45.2 Å². The zero-order valence-electron chi connectivity index (χ0n) is 15.6. The number of nitrogens with zero attached hydrogens (tertiary/aromatic N) is 5. The predicted octanol–water partition coefficient (Wildman–Crippen LogP) is 2.27. The summed E-state index contributed by atoms with van der Waals surface area (Å²) in [5.41, 5.74) is 3.48. The van der Waals surface area contributed by atoms with Gasteiger partial charge in [-0.25, -0.2) is 0 Å². The highest BCUT2D eigenvalue weighted by molar-refractivity contribution is 14.0. The van der Waals surface area contributed by atoms with Crippen molar-refractivity contribution in [3.63, 3.8) is 0 Å². The van der Waals surface area contributed by atoms with Crippen LogP contribution in [0.3, 0.4) is 0 Å². The van der Waals surface area contributed by atoms with Crippen LogP contribution in [0.1, 0.15) is 29.8 Å². The van der Waals surface area contributed by atoms with E-state index in [4.69, 9.17) is 0 Å². The molecular formula is C17H30IN7. The predicted molar refractivity (Wildman–Crippen MR) is 113 cm³/mol. The largest absolute Gasteiger partial charge is 0.356 e. The second kappa shape index (κ2) is 11.1. The van der Waals surface area contributed by atoms with E-state index in [1.54, 1.807) is 7.05 Å². The van der Waals surface area contributed by atoms with E-state index in [1.165, 1.54) is 11.3 Å². The van der Waals surface area contributed by atoms with E-state index in [1.807, 2.05) is 17.8 Å². The van der Waals surface area contributed by atoms with Gasteiger partial charge < -0.3 is 10.6 Å². The molecule has 140 valence electrons. The molecular weight excluding hydrogens is 429 g/mol. The minimum Gasteiger partial charge on any atom is -0.356 e. The maximum atomic E-state index is 4.47. The zero-order valence-corrected chi connectivity index (χ0v) is 17.9. The van der Waals surface area contributed by atoms with Crippen molar-refractivity contribution in [3.05, 3.63) is 35.4 Å². The molecule has 0 saturated carbocycles. The lowest BCUT2D eigenvalue weighted by Gasteiger charge is -2.12. The van der Waals surface area contributed by atoms with Crippen molar-refractivity contribution in [1.82, 2.24) is 30.2 Å². The lowest BCUT2D eigenvalue weighted by Crippen LogP contribution is -2.38. The number of nitrogens with one attached hydrogen (secondary N) is 2. The summed E-state index contributed by atoms with van der Waals surface area (Å²) in [5.74, 6) is 0.847. The van der Waals surface area contributed by atoms with Gasteiger partial charge in [0.15, 0.2) is 5.96 Å². The Morgan fingerprint density at radius 1 is 1.12 bits per heavy atom. The van der Waals surface area contributed by atoms with Crippen LogP contribution in [-0.4, -0.2) is 45.7 Å². The maximum Gasteiger partial charge on any atom is 0.190 e. The third kappa shape index (κ3) is 7.45. The van der Waals surface area contributed by atoms with Gasteiger partial charge in [-0.1, -0.05) is 0 Å². The molecule has 2 aromatic rings. The minimum atomic E-state index is 0. The van der Waals surface area contributed by atoms with Crippen LogP contribution < -0.4 is 10.6 Å². The number of rotatable bonds is 8. The third-order valence-electron chi connectivity index (χ3n) is 3.78. The Hall–Kier alpha value is -1.58. The van der Waals surface area contributed by atoms with Crippen molar-refractivity contribution in [3.8, 4) is 0 Å². The molecule has 2 heterocycles. The summed E-state index contributed by atoms with van der Waals surface area (Å²) in [6.07, 6.45) is 5.96. The standard InChI is InChI=1S/C17H29N7.HI/c1-14-12-21-23(13-14)9-5-7-19-17(18-4)20-8-6-10-24-16(3)11-15(2)22-24;/h11-13H,5-10H2,1-4H3,(H2,18,19,20);1H. The summed E-state index contributed by atoms with van der Waals surface area (Å²) in [4.78, 5) is 4.25. The summed E-state index contributed by atoms with van der Waals surface area (Å²) < 4.78 is 4.03. The first-order valence-electron chi connectivity index (χ1n) is 8.53. The fourth-order valence-electron chi connectivity index (χ4n) is 2.59. The first kappa shape index (κ1) is 21.5. The molecule has 0 fully saturated rings. The van der Waals surface area contributed by atoms with Gasteiger partial charge in [0.2, 0.25) is 0 Å². The fourth-order valence-corrected chi connectivity index (χ4v) is 2.59. The molecule has 2 aromatic heterocycles. The van der Waals surface area contributed by atoms with Gasteiger partial charge in [0.1, 0.15) is 0 Å². The molecule has 2 rings (SSSR count). The molecule has 0 aliphatic rings. The number of aryl methyl sites for hydroxylation is 5. The summed E-state index contributed by atoms with van der Waals surface area (Å²) >= 11 is 0. The van der Waals surface area contributed by atoms with Crippen LogP contribution in [0.15, 0.2) is 23.5 Å². The van der Waals surface area contributed by atoms with Crippen molar-refractivity contribution in [2.24, 2.45) is 4.99 Å². The molecule has 0 bridgehead atoms. The summed E-state index contributed by atoms with van der Waals surface area (Å²) in [6.45, 7) is 9.75. The van der Waals surface area contributed by atoms with Gasteiger partial charge in [-0.2, -0.15) is 10.2 Å². The highest BCUT2D eigenvalue weighted by Crippen LogP contribution is 2.02. The highest BCUT2D eigenvalue weighted by Gasteiger charge is 2.01. The van der Waals surface area contributed by atoms with Crippen LogP contribution in [0.4, 0.5) is 0 Å². The van der Waals surface area contributed by atoms with Crippen LogP contribution in [0.25, 0.3) is 0 Å². The second-order valence-electron chi connectivity index (χ2n) is 6.06. The van der Waals surface area contributed by atoms with Crippen molar-refractivity contribution in [2.75, 3.05) is 20.1 Å². The summed E-state index contributed by atoms with van der Waals surface area (Å²) in [5, 5.41) is 15.4. The van der Waals surface area contributed by atoms with E-state index in [0.717, 1.165) is 50.7 Å². The smallest absolute Gasteiger partial charge is 0.190 e.